The molecule has 0 bridgehead atoms. The van der Waals surface area contributed by atoms with Crippen LogP contribution in [0.5, 0.6) is 0 Å². The second-order valence-electron chi connectivity index (χ2n) is 12.4. The van der Waals surface area contributed by atoms with Crippen molar-refractivity contribution in [1.82, 2.24) is 0 Å². The molecule has 0 aromatic rings. The summed E-state index contributed by atoms with van der Waals surface area (Å²) in [5.74, 6) is 4.02. The Morgan fingerprint density at radius 1 is 1.10 bits per heavy atom. The quantitative estimate of drug-likeness (QED) is 0.441. The van der Waals surface area contributed by atoms with Gasteiger partial charge in [-0.25, -0.2) is 0 Å². The summed E-state index contributed by atoms with van der Waals surface area (Å²) in [5.41, 5.74) is 1.67. The van der Waals surface area contributed by atoms with Crippen LogP contribution < -0.4 is 0 Å². The van der Waals surface area contributed by atoms with E-state index in [1.807, 2.05) is 0 Å². The lowest BCUT2D eigenvalue weighted by Crippen LogP contribution is -2.54. The second kappa shape index (κ2) is 7.79. The molecule has 0 aliphatic heterocycles. The van der Waals surface area contributed by atoms with E-state index in [0.717, 1.165) is 30.6 Å². The van der Waals surface area contributed by atoms with Gasteiger partial charge in [0.2, 0.25) is 0 Å². The van der Waals surface area contributed by atoms with Crippen molar-refractivity contribution in [2.75, 3.05) is 0 Å². The van der Waals surface area contributed by atoms with E-state index in [-0.39, 0.29) is 5.41 Å². The van der Waals surface area contributed by atoms with E-state index >= 15 is 0 Å². The highest BCUT2D eigenvalue weighted by atomic mass is 16.1. The van der Waals surface area contributed by atoms with E-state index in [9.17, 15) is 10.1 Å². The summed E-state index contributed by atoms with van der Waals surface area (Å²) >= 11 is 0. The fraction of sp³-hybridized carbons (Fsp3) is 0.857. The molecule has 0 aromatic heterocycles. The number of ketones is 1. The van der Waals surface area contributed by atoms with Gasteiger partial charge in [-0.05, 0) is 78.9 Å². The molecule has 3 saturated carbocycles. The zero-order chi connectivity index (χ0) is 21.7. The first-order chi connectivity index (χ1) is 14.2. The molecule has 30 heavy (non-hydrogen) atoms. The van der Waals surface area contributed by atoms with Gasteiger partial charge in [0, 0.05) is 12.8 Å². The summed E-state index contributed by atoms with van der Waals surface area (Å²) in [7, 11) is 0. The molecule has 2 nitrogen and oxygen atoms in total. The fourth-order valence-corrected chi connectivity index (χ4v) is 8.57. The monoisotopic (exact) mass is 409 g/mol. The van der Waals surface area contributed by atoms with E-state index in [2.05, 4.69) is 46.8 Å². The lowest BCUT2D eigenvalue weighted by Gasteiger charge is -2.59. The molecule has 4 aliphatic rings. The van der Waals surface area contributed by atoms with Crippen LogP contribution in [0, 0.1) is 57.2 Å². The molecule has 0 aromatic carbocycles. The number of hydrogen-bond acceptors (Lipinski definition) is 2. The third kappa shape index (κ3) is 3.22. The van der Waals surface area contributed by atoms with Crippen molar-refractivity contribution in [3.63, 3.8) is 0 Å². The topological polar surface area (TPSA) is 40.9 Å². The molecule has 166 valence electrons. The van der Waals surface area contributed by atoms with Crippen LogP contribution in [0.2, 0.25) is 0 Å². The molecule has 0 heterocycles. The molecule has 0 amide bonds. The van der Waals surface area contributed by atoms with Crippen molar-refractivity contribution in [3.8, 4) is 6.07 Å². The van der Waals surface area contributed by atoms with Crippen LogP contribution in [0.3, 0.4) is 0 Å². The number of carbonyl (C=O) groups is 1. The predicted molar refractivity (Wildman–Crippen MR) is 123 cm³/mol. The zero-order valence-electron chi connectivity index (χ0n) is 20.1. The number of Topliss-reactive ketones (excluding diaryl/α,β-unsaturated/α-hetero) is 1. The molecule has 4 rings (SSSR count). The average molecular weight is 410 g/mol. The van der Waals surface area contributed by atoms with Crippen LogP contribution in [0.15, 0.2) is 11.6 Å². The largest absolute Gasteiger partial charge is 0.300 e. The van der Waals surface area contributed by atoms with Crippen molar-refractivity contribution in [1.29, 1.82) is 5.26 Å². The minimum atomic E-state index is -0.452. The maximum atomic E-state index is 12.3. The third-order valence-electron chi connectivity index (χ3n) is 10.5. The summed E-state index contributed by atoms with van der Waals surface area (Å²) in [5, 5.41) is 10.2. The summed E-state index contributed by atoms with van der Waals surface area (Å²) in [6.07, 6.45) is 14.7. The van der Waals surface area contributed by atoms with Crippen LogP contribution >= 0.6 is 0 Å². The highest BCUT2D eigenvalue weighted by Crippen LogP contribution is 2.69. The van der Waals surface area contributed by atoms with E-state index in [4.69, 9.17) is 0 Å². The van der Waals surface area contributed by atoms with E-state index < -0.39 is 5.41 Å². The zero-order valence-corrected chi connectivity index (χ0v) is 20.1. The van der Waals surface area contributed by atoms with Crippen molar-refractivity contribution in [2.45, 2.75) is 105 Å². The van der Waals surface area contributed by atoms with Crippen LogP contribution in [-0.4, -0.2) is 5.78 Å². The molecule has 0 radical (unpaired) electrons. The highest BCUT2D eigenvalue weighted by Gasteiger charge is 2.63. The van der Waals surface area contributed by atoms with Gasteiger partial charge in [0.25, 0.3) is 0 Å². The minimum Gasteiger partial charge on any atom is -0.300 e. The van der Waals surface area contributed by atoms with Crippen LogP contribution in [-0.2, 0) is 4.79 Å². The van der Waals surface area contributed by atoms with Gasteiger partial charge in [0.05, 0.1) is 11.5 Å². The Hall–Kier alpha value is -1.10. The molecule has 4 aliphatic carbocycles. The number of fused-ring (bicyclic) bond motifs is 5. The Morgan fingerprint density at radius 3 is 2.57 bits per heavy atom. The molecular formula is C28H43NO. The number of nitriles is 1. The Bertz CT molecular complexity index is 759. The van der Waals surface area contributed by atoms with E-state index in [0.29, 0.717) is 35.9 Å². The number of hydrogen-bond donors (Lipinski definition) is 0. The Kier molecular flexibility index (Phi) is 5.74. The molecule has 0 N–H and O–H groups in total. The average Bonchev–Trinajstić information content (AvgIpc) is 3.05. The van der Waals surface area contributed by atoms with Gasteiger partial charge in [-0.3, -0.25) is 4.79 Å². The van der Waals surface area contributed by atoms with Crippen molar-refractivity contribution in [3.05, 3.63) is 11.6 Å². The van der Waals surface area contributed by atoms with Gasteiger partial charge >= 0.3 is 0 Å². The van der Waals surface area contributed by atoms with Crippen LogP contribution in [0.25, 0.3) is 0 Å². The molecule has 3 fully saturated rings. The summed E-state index contributed by atoms with van der Waals surface area (Å²) in [6.45, 7) is 12.2. The summed E-state index contributed by atoms with van der Waals surface area (Å²) in [6, 6.07) is 2.69. The van der Waals surface area contributed by atoms with Gasteiger partial charge in [0.15, 0.2) is 0 Å². The summed E-state index contributed by atoms with van der Waals surface area (Å²) < 4.78 is 0. The Balaban J connectivity index is 1.57. The highest BCUT2D eigenvalue weighted by molar-refractivity contribution is 5.81. The molecule has 0 spiro atoms. The maximum Gasteiger partial charge on any atom is 0.134 e. The fourth-order valence-electron chi connectivity index (χ4n) is 8.57. The van der Waals surface area contributed by atoms with Gasteiger partial charge in [0.1, 0.15) is 5.78 Å². The molecule has 0 saturated heterocycles. The van der Waals surface area contributed by atoms with Gasteiger partial charge < -0.3 is 0 Å². The van der Waals surface area contributed by atoms with Crippen LogP contribution in [0.4, 0.5) is 0 Å². The van der Waals surface area contributed by atoms with Gasteiger partial charge in [-0.1, -0.05) is 65.5 Å². The standard InChI is InChI=1S/C28H43NO/c1-19(2)7-6-8-20(3)23-9-10-24-22-12-16-28(18-29)17-21(30)11-15-27(28,5)25(22)13-14-26(23,24)4/h12,19-20,23-25H,6-11,13-17H2,1-5H3/t20-,23-,24+,25+,26-,27-,28+/m1/s1. The predicted octanol–water partition coefficient (Wildman–Crippen LogP) is 7.49. The first-order valence-electron chi connectivity index (χ1n) is 12.8. The van der Waals surface area contributed by atoms with Gasteiger partial charge in [-0.15, -0.1) is 0 Å². The smallest absolute Gasteiger partial charge is 0.134 e. The lowest BCUT2D eigenvalue weighted by molar-refractivity contribution is -0.131. The van der Waals surface area contributed by atoms with E-state index in [1.165, 1.54) is 44.9 Å². The number of carbonyl (C=O) groups excluding carboxylic acids is 1. The molecular weight excluding hydrogens is 366 g/mol. The normalized spacial score (nSPS) is 44.0. The first-order valence-corrected chi connectivity index (χ1v) is 12.8. The minimum absolute atomic E-state index is 0.0119. The number of nitrogens with zero attached hydrogens (tertiary/aromatic N) is 1. The lowest BCUT2D eigenvalue weighted by atomic mass is 9.43. The number of allylic oxidation sites excluding steroid dienone is 2. The van der Waals surface area contributed by atoms with Gasteiger partial charge in [-0.2, -0.15) is 5.26 Å². The maximum absolute atomic E-state index is 12.3. The van der Waals surface area contributed by atoms with E-state index in [1.54, 1.807) is 5.57 Å². The second-order valence-corrected chi connectivity index (χ2v) is 12.4. The Labute approximate surface area is 184 Å². The Morgan fingerprint density at radius 2 is 1.87 bits per heavy atom. The van der Waals surface area contributed by atoms with Crippen molar-refractivity contribution < 1.29 is 4.79 Å². The molecule has 2 heteroatoms. The van der Waals surface area contributed by atoms with Crippen molar-refractivity contribution in [2.24, 2.45) is 45.8 Å². The molecule has 0 unspecified atom stereocenters. The van der Waals surface area contributed by atoms with Crippen LogP contribution in [0.1, 0.15) is 105 Å². The third-order valence-corrected chi connectivity index (χ3v) is 10.5. The molecule has 7 atom stereocenters. The SMILES string of the molecule is CC(C)CCC[C@@H](C)[C@H]1CC[C@H]2C3=CC[C@@]4(C#N)CC(=O)CC[C@]4(C)[C@H]3CC[C@]12C. The number of rotatable bonds is 5. The summed E-state index contributed by atoms with van der Waals surface area (Å²) in [4.78, 5) is 12.3. The van der Waals surface area contributed by atoms with Crippen molar-refractivity contribution >= 4 is 5.78 Å². The first kappa shape index (κ1) is 22.1.